The number of fused-ring (bicyclic) bond motifs is 1. The molecule has 0 aliphatic carbocycles. The van der Waals surface area contributed by atoms with Crippen LogP contribution in [0, 0.1) is 0 Å². The molecule has 4 heteroatoms. The second-order valence-electron chi connectivity index (χ2n) is 6.09. The van der Waals surface area contributed by atoms with Crippen molar-refractivity contribution in [1.82, 2.24) is 0 Å². The molecule has 0 saturated carbocycles. The van der Waals surface area contributed by atoms with Gasteiger partial charge in [0.05, 0.1) is 23.3 Å². The Hall–Kier alpha value is -2.20. The summed E-state index contributed by atoms with van der Waals surface area (Å²) in [5.41, 5.74) is 3.86. The fourth-order valence-corrected chi connectivity index (χ4v) is 3.89. The van der Waals surface area contributed by atoms with E-state index in [0.29, 0.717) is 22.1 Å². The maximum Gasteiger partial charge on any atom is 0.205 e. The van der Waals surface area contributed by atoms with Crippen LogP contribution in [0.15, 0.2) is 58.0 Å². The van der Waals surface area contributed by atoms with Gasteiger partial charge in [-0.15, -0.1) is 0 Å². The van der Waals surface area contributed by atoms with Gasteiger partial charge in [-0.3, -0.25) is 4.79 Å². The quantitative estimate of drug-likeness (QED) is 0.752. The number of rotatable bonds is 4. The van der Waals surface area contributed by atoms with Gasteiger partial charge in [0.2, 0.25) is 5.78 Å². The highest BCUT2D eigenvalue weighted by Crippen LogP contribution is 2.44. The first-order valence-corrected chi connectivity index (χ1v) is 8.81. The molecule has 0 atom stereocenters. The number of ketones is 1. The summed E-state index contributed by atoms with van der Waals surface area (Å²) >= 11 is 1.53. The third-order valence-corrected chi connectivity index (χ3v) is 5.36. The van der Waals surface area contributed by atoms with E-state index in [1.165, 1.54) is 17.3 Å². The molecule has 0 unspecified atom stereocenters. The lowest BCUT2D eigenvalue weighted by Crippen LogP contribution is -2.14. The fourth-order valence-electron chi connectivity index (χ4n) is 2.85. The zero-order valence-corrected chi connectivity index (χ0v) is 15.2. The van der Waals surface area contributed by atoms with Gasteiger partial charge in [-0.05, 0) is 36.6 Å². The molecule has 1 aliphatic heterocycles. The molecule has 24 heavy (non-hydrogen) atoms. The number of nitrogens with one attached hydrogen (secondary N) is 1. The van der Waals surface area contributed by atoms with Crippen molar-refractivity contribution in [3.63, 3.8) is 0 Å². The van der Waals surface area contributed by atoms with Gasteiger partial charge in [-0.1, -0.05) is 49.9 Å². The smallest absolute Gasteiger partial charge is 0.205 e. The largest absolute Gasteiger partial charge is 0.496 e. The molecule has 0 bridgehead atoms. The van der Waals surface area contributed by atoms with Crippen molar-refractivity contribution in [2.24, 2.45) is 0 Å². The molecule has 2 aromatic carbocycles. The minimum absolute atomic E-state index is 0.0111. The average Bonchev–Trinajstić information content (AvgIpc) is 2.59. The fraction of sp³-hybridized carbons (Fsp3) is 0.250. The van der Waals surface area contributed by atoms with Crippen molar-refractivity contribution < 1.29 is 9.53 Å². The molecule has 0 aromatic heterocycles. The molecule has 1 N–H and O–H groups in total. The Morgan fingerprint density at radius 2 is 1.88 bits per heavy atom. The van der Waals surface area contributed by atoms with Crippen LogP contribution in [0.2, 0.25) is 0 Å². The van der Waals surface area contributed by atoms with Crippen molar-refractivity contribution in [3.05, 3.63) is 64.2 Å². The van der Waals surface area contributed by atoms with E-state index >= 15 is 0 Å². The monoisotopic (exact) mass is 339 g/mol. The predicted molar refractivity (Wildman–Crippen MR) is 100 cm³/mol. The zero-order valence-electron chi connectivity index (χ0n) is 14.3. The number of hydrogen-bond donors (Lipinski definition) is 1. The van der Waals surface area contributed by atoms with Gasteiger partial charge in [0.25, 0.3) is 0 Å². The molecule has 0 fully saturated rings. The lowest BCUT2D eigenvalue weighted by molar-refractivity contribution is 0.103. The maximum absolute atomic E-state index is 13.0. The molecule has 0 spiro atoms. The molecule has 2 aromatic rings. The van der Waals surface area contributed by atoms with Gasteiger partial charge in [-0.25, -0.2) is 0 Å². The van der Waals surface area contributed by atoms with Crippen molar-refractivity contribution >= 4 is 23.2 Å². The minimum Gasteiger partial charge on any atom is -0.496 e. The summed E-state index contributed by atoms with van der Waals surface area (Å²) in [5, 5.41) is 3.45. The third kappa shape index (κ3) is 2.94. The Morgan fingerprint density at radius 3 is 2.58 bits per heavy atom. The van der Waals surface area contributed by atoms with E-state index in [1.807, 2.05) is 31.2 Å². The standard InChI is InChI=1S/C20H21NO2S/c1-12(2)14-9-7-11-17-18(14)21-13(3)20(24-17)19(22)15-8-5-6-10-16(15)23-4/h5-12,21H,1-4H3. The van der Waals surface area contributed by atoms with Gasteiger partial charge in [-0.2, -0.15) is 0 Å². The number of hydrogen-bond acceptors (Lipinski definition) is 4. The first-order valence-electron chi connectivity index (χ1n) is 7.99. The van der Waals surface area contributed by atoms with Gasteiger partial charge >= 0.3 is 0 Å². The summed E-state index contributed by atoms with van der Waals surface area (Å²) < 4.78 is 5.34. The molecule has 3 rings (SSSR count). The lowest BCUT2D eigenvalue weighted by Gasteiger charge is -2.25. The van der Waals surface area contributed by atoms with Crippen LogP contribution in [0.4, 0.5) is 5.69 Å². The number of para-hydroxylation sites is 2. The molecule has 0 saturated heterocycles. The summed E-state index contributed by atoms with van der Waals surface area (Å²) in [6.07, 6.45) is 0. The Kier molecular flexibility index (Phi) is 4.67. The number of allylic oxidation sites excluding steroid dienone is 2. The van der Waals surface area contributed by atoms with E-state index in [0.717, 1.165) is 16.3 Å². The number of ether oxygens (including phenoxy) is 1. The van der Waals surface area contributed by atoms with Crippen LogP contribution in [0.3, 0.4) is 0 Å². The Labute approximate surface area is 147 Å². The Bertz CT molecular complexity index is 824. The van der Waals surface area contributed by atoms with Gasteiger partial charge < -0.3 is 10.1 Å². The van der Waals surface area contributed by atoms with Crippen LogP contribution in [0.25, 0.3) is 0 Å². The molecular formula is C20H21NO2S. The topological polar surface area (TPSA) is 38.3 Å². The van der Waals surface area contributed by atoms with Crippen LogP contribution in [-0.4, -0.2) is 12.9 Å². The summed E-state index contributed by atoms with van der Waals surface area (Å²) in [7, 11) is 1.59. The number of carbonyl (C=O) groups is 1. The Balaban J connectivity index is 2.00. The second kappa shape index (κ2) is 6.73. The minimum atomic E-state index is -0.0111. The molecule has 1 heterocycles. The van der Waals surface area contributed by atoms with Crippen molar-refractivity contribution in [2.45, 2.75) is 31.6 Å². The molecule has 3 nitrogen and oxygen atoms in total. The highest BCUT2D eigenvalue weighted by atomic mass is 32.2. The van der Waals surface area contributed by atoms with Gasteiger partial charge in [0.15, 0.2) is 0 Å². The molecule has 0 radical (unpaired) electrons. The van der Waals surface area contributed by atoms with Crippen LogP contribution < -0.4 is 10.1 Å². The third-order valence-electron chi connectivity index (χ3n) is 4.10. The van der Waals surface area contributed by atoms with E-state index in [9.17, 15) is 4.79 Å². The maximum atomic E-state index is 13.0. The van der Waals surface area contributed by atoms with Gasteiger partial charge in [0, 0.05) is 10.6 Å². The van der Waals surface area contributed by atoms with E-state index in [1.54, 1.807) is 7.11 Å². The summed E-state index contributed by atoms with van der Waals surface area (Å²) in [4.78, 5) is 14.8. The van der Waals surface area contributed by atoms with Crippen LogP contribution in [0.1, 0.15) is 42.6 Å². The first kappa shape index (κ1) is 16.7. The zero-order chi connectivity index (χ0) is 17.3. The summed E-state index contributed by atoms with van der Waals surface area (Å²) in [6, 6.07) is 13.6. The molecule has 0 amide bonds. The second-order valence-corrected chi connectivity index (χ2v) is 7.14. The summed E-state index contributed by atoms with van der Waals surface area (Å²) in [6.45, 7) is 6.31. The van der Waals surface area contributed by atoms with E-state index in [2.05, 4.69) is 37.4 Å². The number of Topliss-reactive ketones (excluding diaryl/α,β-unsaturated/α-hetero) is 1. The number of carbonyl (C=O) groups excluding carboxylic acids is 1. The molecule has 1 aliphatic rings. The van der Waals surface area contributed by atoms with Crippen molar-refractivity contribution in [3.8, 4) is 5.75 Å². The highest BCUT2D eigenvalue weighted by molar-refractivity contribution is 8.04. The van der Waals surface area contributed by atoms with Crippen LogP contribution >= 0.6 is 11.8 Å². The van der Waals surface area contributed by atoms with Crippen molar-refractivity contribution in [1.29, 1.82) is 0 Å². The SMILES string of the molecule is COc1ccccc1C(=O)C1=C(C)Nc2c(cccc2C(C)C)S1. The number of thioether (sulfide) groups is 1. The average molecular weight is 339 g/mol. The van der Waals surface area contributed by atoms with E-state index in [-0.39, 0.29) is 5.78 Å². The van der Waals surface area contributed by atoms with E-state index < -0.39 is 0 Å². The number of benzene rings is 2. The molecule has 124 valence electrons. The normalized spacial score (nSPS) is 13.5. The van der Waals surface area contributed by atoms with Crippen molar-refractivity contribution in [2.75, 3.05) is 12.4 Å². The molecular weight excluding hydrogens is 318 g/mol. The summed E-state index contributed by atoms with van der Waals surface area (Å²) in [5.74, 6) is 1.01. The van der Waals surface area contributed by atoms with Gasteiger partial charge in [0.1, 0.15) is 5.75 Å². The predicted octanol–water partition coefficient (Wildman–Crippen LogP) is 5.45. The number of anilines is 1. The highest BCUT2D eigenvalue weighted by Gasteiger charge is 2.26. The first-order chi connectivity index (χ1) is 11.5. The van der Waals surface area contributed by atoms with E-state index in [4.69, 9.17) is 4.74 Å². The van der Waals surface area contributed by atoms with Crippen LogP contribution in [-0.2, 0) is 0 Å². The number of methoxy groups -OCH3 is 1. The van der Waals surface area contributed by atoms with Crippen LogP contribution in [0.5, 0.6) is 5.75 Å². The lowest BCUT2D eigenvalue weighted by atomic mass is 10.0. The Morgan fingerprint density at radius 1 is 1.12 bits per heavy atom.